The van der Waals surface area contributed by atoms with E-state index >= 15 is 0 Å². The third-order valence-corrected chi connectivity index (χ3v) is 2.12. The van der Waals surface area contributed by atoms with E-state index in [2.05, 4.69) is 4.84 Å². The Morgan fingerprint density at radius 2 is 2.00 bits per heavy atom. The molecule has 3 nitrogen and oxygen atoms in total. The van der Waals surface area contributed by atoms with Crippen molar-refractivity contribution < 1.29 is 22.8 Å². The van der Waals surface area contributed by atoms with E-state index in [4.69, 9.17) is 23.2 Å². The van der Waals surface area contributed by atoms with Crippen LogP contribution < -0.4 is 5.48 Å². The van der Waals surface area contributed by atoms with Gasteiger partial charge in [-0.25, -0.2) is 5.48 Å². The molecule has 0 atom stereocenters. The van der Waals surface area contributed by atoms with Gasteiger partial charge >= 0.3 is 6.18 Å². The number of carbonyl (C=O) groups is 1. The molecule has 94 valence electrons. The lowest BCUT2D eigenvalue weighted by molar-refractivity contribution is -0.184. The van der Waals surface area contributed by atoms with Crippen LogP contribution in [0.1, 0.15) is 10.4 Å². The van der Waals surface area contributed by atoms with Crippen molar-refractivity contribution in [1.29, 1.82) is 0 Å². The highest BCUT2D eigenvalue weighted by Gasteiger charge is 2.28. The topological polar surface area (TPSA) is 38.3 Å². The number of halogens is 5. The Morgan fingerprint density at radius 3 is 2.53 bits per heavy atom. The average molecular weight is 288 g/mol. The Kier molecular flexibility index (Phi) is 4.62. The maximum absolute atomic E-state index is 11.7. The molecule has 0 bridgehead atoms. The SMILES string of the molecule is O=C(NOCC(F)(F)F)c1ccc(Cl)cc1Cl. The second-order valence-electron chi connectivity index (χ2n) is 2.96. The van der Waals surface area contributed by atoms with Gasteiger partial charge in [-0.15, -0.1) is 0 Å². The predicted octanol–water partition coefficient (Wildman–Crippen LogP) is 3.22. The zero-order valence-electron chi connectivity index (χ0n) is 8.15. The fourth-order valence-corrected chi connectivity index (χ4v) is 1.41. The largest absolute Gasteiger partial charge is 0.414 e. The summed E-state index contributed by atoms with van der Waals surface area (Å²) in [6.07, 6.45) is -4.52. The number of hydrogen-bond donors (Lipinski definition) is 1. The van der Waals surface area contributed by atoms with Gasteiger partial charge in [-0.05, 0) is 18.2 Å². The number of rotatable bonds is 3. The van der Waals surface area contributed by atoms with E-state index in [9.17, 15) is 18.0 Å². The number of hydrogen-bond acceptors (Lipinski definition) is 2. The van der Waals surface area contributed by atoms with Crippen LogP contribution in [0.25, 0.3) is 0 Å². The monoisotopic (exact) mass is 287 g/mol. The van der Waals surface area contributed by atoms with Crippen LogP contribution >= 0.6 is 23.2 Å². The number of nitrogens with one attached hydrogen (secondary N) is 1. The molecule has 0 aliphatic rings. The molecule has 1 aromatic carbocycles. The van der Waals surface area contributed by atoms with E-state index in [0.717, 1.165) is 0 Å². The molecule has 0 fully saturated rings. The molecule has 0 radical (unpaired) electrons. The molecule has 1 rings (SSSR count). The van der Waals surface area contributed by atoms with Crippen LogP contribution in [0.3, 0.4) is 0 Å². The van der Waals surface area contributed by atoms with Gasteiger partial charge in [0.2, 0.25) is 0 Å². The van der Waals surface area contributed by atoms with Crippen molar-refractivity contribution in [2.24, 2.45) is 0 Å². The first-order valence-electron chi connectivity index (χ1n) is 4.23. The highest BCUT2D eigenvalue weighted by molar-refractivity contribution is 6.36. The van der Waals surface area contributed by atoms with Gasteiger partial charge in [-0.1, -0.05) is 23.2 Å². The molecular formula is C9H6Cl2F3NO2. The molecule has 0 aliphatic carbocycles. The van der Waals surface area contributed by atoms with E-state index < -0.39 is 18.7 Å². The van der Waals surface area contributed by atoms with Crippen LogP contribution in [0, 0.1) is 0 Å². The normalized spacial score (nSPS) is 11.4. The summed E-state index contributed by atoms with van der Waals surface area (Å²) in [5.41, 5.74) is 1.60. The highest BCUT2D eigenvalue weighted by Crippen LogP contribution is 2.21. The lowest BCUT2D eigenvalue weighted by atomic mass is 10.2. The maximum atomic E-state index is 11.7. The number of alkyl halides is 3. The predicted molar refractivity (Wildman–Crippen MR) is 55.9 cm³/mol. The minimum absolute atomic E-state index is 0.0191. The summed E-state index contributed by atoms with van der Waals surface area (Å²) in [5, 5.41) is 0.327. The minimum atomic E-state index is -4.52. The Morgan fingerprint density at radius 1 is 1.35 bits per heavy atom. The Labute approximate surface area is 104 Å². The summed E-state index contributed by atoms with van der Waals surface area (Å²) in [6, 6.07) is 3.95. The Hall–Kier alpha value is -0.980. The third-order valence-electron chi connectivity index (χ3n) is 1.58. The molecule has 0 saturated carbocycles. The molecule has 1 N–H and O–H groups in total. The van der Waals surface area contributed by atoms with Gasteiger partial charge in [0.1, 0.15) is 0 Å². The van der Waals surface area contributed by atoms with Crippen molar-refractivity contribution in [3.05, 3.63) is 33.8 Å². The second-order valence-corrected chi connectivity index (χ2v) is 3.80. The molecule has 17 heavy (non-hydrogen) atoms. The third kappa shape index (κ3) is 4.80. The van der Waals surface area contributed by atoms with E-state index in [1.165, 1.54) is 18.2 Å². The second kappa shape index (κ2) is 5.57. The summed E-state index contributed by atoms with van der Waals surface area (Å²) in [5.74, 6) is -0.879. The summed E-state index contributed by atoms with van der Waals surface area (Å²) < 4.78 is 35.2. The van der Waals surface area contributed by atoms with Crippen molar-refractivity contribution in [3.8, 4) is 0 Å². The standard InChI is InChI=1S/C9H6Cl2F3NO2/c10-5-1-2-6(7(11)3-5)8(16)15-17-4-9(12,13)14/h1-3H,4H2,(H,15,16). The smallest absolute Gasteiger partial charge is 0.267 e. The molecular weight excluding hydrogens is 282 g/mol. The van der Waals surface area contributed by atoms with E-state index in [1.807, 2.05) is 0 Å². The van der Waals surface area contributed by atoms with Gasteiger partial charge in [0.15, 0.2) is 6.61 Å². The van der Waals surface area contributed by atoms with Gasteiger partial charge in [0.05, 0.1) is 10.6 Å². The fourth-order valence-electron chi connectivity index (χ4n) is 0.912. The Bertz CT molecular complexity index is 423. The summed E-state index contributed by atoms with van der Waals surface area (Å²) in [4.78, 5) is 15.3. The lowest BCUT2D eigenvalue weighted by Gasteiger charge is -2.09. The molecule has 8 heteroatoms. The molecule has 0 unspecified atom stereocenters. The zero-order valence-corrected chi connectivity index (χ0v) is 9.66. The molecule has 1 aromatic rings. The summed E-state index contributed by atoms with van der Waals surface area (Å²) >= 11 is 11.3. The Balaban J connectivity index is 2.59. The molecule has 0 aliphatic heterocycles. The zero-order chi connectivity index (χ0) is 13.1. The number of carbonyl (C=O) groups excluding carboxylic acids is 1. The molecule has 0 saturated heterocycles. The average Bonchev–Trinajstić information content (AvgIpc) is 2.15. The van der Waals surface area contributed by atoms with Gasteiger partial charge in [-0.2, -0.15) is 13.2 Å². The quantitative estimate of drug-likeness (QED) is 0.867. The van der Waals surface area contributed by atoms with Gasteiger partial charge in [0.25, 0.3) is 5.91 Å². The van der Waals surface area contributed by atoms with Crippen LogP contribution in [-0.2, 0) is 4.84 Å². The first-order chi connectivity index (χ1) is 7.79. The number of benzene rings is 1. The van der Waals surface area contributed by atoms with Gasteiger partial charge in [-0.3, -0.25) is 9.63 Å². The highest BCUT2D eigenvalue weighted by atomic mass is 35.5. The van der Waals surface area contributed by atoms with Gasteiger partial charge < -0.3 is 0 Å². The van der Waals surface area contributed by atoms with Crippen LogP contribution in [0.2, 0.25) is 10.0 Å². The van der Waals surface area contributed by atoms with E-state index in [1.54, 1.807) is 5.48 Å². The van der Waals surface area contributed by atoms with Crippen LogP contribution in [-0.4, -0.2) is 18.7 Å². The van der Waals surface area contributed by atoms with E-state index in [-0.39, 0.29) is 10.6 Å². The summed E-state index contributed by atoms with van der Waals surface area (Å²) in [6.45, 7) is -1.58. The van der Waals surface area contributed by atoms with E-state index in [0.29, 0.717) is 5.02 Å². The van der Waals surface area contributed by atoms with Crippen LogP contribution in [0.5, 0.6) is 0 Å². The van der Waals surface area contributed by atoms with Crippen molar-refractivity contribution in [2.45, 2.75) is 6.18 Å². The molecule has 0 heterocycles. The first-order valence-corrected chi connectivity index (χ1v) is 4.99. The number of hydroxylamine groups is 1. The van der Waals surface area contributed by atoms with Crippen molar-refractivity contribution in [3.63, 3.8) is 0 Å². The van der Waals surface area contributed by atoms with Crippen molar-refractivity contribution in [1.82, 2.24) is 5.48 Å². The maximum Gasteiger partial charge on any atom is 0.414 e. The van der Waals surface area contributed by atoms with Crippen LogP contribution in [0.4, 0.5) is 13.2 Å². The first kappa shape index (κ1) is 14.1. The van der Waals surface area contributed by atoms with Crippen molar-refractivity contribution >= 4 is 29.1 Å². The number of amides is 1. The molecule has 1 amide bonds. The summed E-state index contributed by atoms with van der Waals surface area (Å²) in [7, 11) is 0. The van der Waals surface area contributed by atoms with Crippen LogP contribution in [0.15, 0.2) is 18.2 Å². The lowest BCUT2D eigenvalue weighted by Crippen LogP contribution is -2.29. The van der Waals surface area contributed by atoms with Gasteiger partial charge in [0, 0.05) is 5.02 Å². The fraction of sp³-hybridized carbons (Fsp3) is 0.222. The molecule has 0 spiro atoms. The minimum Gasteiger partial charge on any atom is -0.267 e. The van der Waals surface area contributed by atoms with Crippen molar-refractivity contribution in [2.75, 3.05) is 6.61 Å². The molecule has 0 aromatic heterocycles.